The van der Waals surface area contributed by atoms with Gasteiger partial charge in [-0.2, -0.15) is 10.2 Å². The van der Waals surface area contributed by atoms with Crippen LogP contribution in [0.3, 0.4) is 0 Å². The molecule has 0 radical (unpaired) electrons. The molecule has 0 saturated heterocycles. The number of carbonyl (C=O) groups excluding carboxylic acids is 1. The Labute approximate surface area is 173 Å². The maximum absolute atomic E-state index is 12.4. The molecule has 0 aliphatic heterocycles. The Balaban J connectivity index is 2.10. The Morgan fingerprint density at radius 3 is 1.47 bits per heavy atom. The fraction of sp³-hybridized carbons (Fsp3) is 0.105. The molecule has 156 valence electrons. The van der Waals surface area contributed by atoms with E-state index >= 15 is 0 Å². The van der Waals surface area contributed by atoms with Crippen LogP contribution in [-0.2, 0) is 0 Å². The van der Waals surface area contributed by atoms with Crippen LogP contribution in [0.15, 0.2) is 68.9 Å². The fourth-order valence-electron chi connectivity index (χ4n) is 2.32. The fourth-order valence-corrected chi connectivity index (χ4v) is 2.32. The molecule has 0 bridgehead atoms. The van der Waals surface area contributed by atoms with E-state index in [9.17, 15) is 4.79 Å². The quantitative estimate of drug-likeness (QED) is 0.238. The summed E-state index contributed by atoms with van der Waals surface area (Å²) in [5, 5.41) is 20.6. The lowest BCUT2D eigenvalue weighted by atomic mass is 10.1. The highest BCUT2D eigenvalue weighted by molar-refractivity contribution is 6.04. The number of rotatable bonds is 6. The first-order chi connectivity index (χ1) is 14.2. The minimum atomic E-state index is -0.415. The third-order valence-corrected chi connectivity index (χ3v) is 3.71. The first kappa shape index (κ1) is 21.9. The number of guanidine groups is 2. The second kappa shape index (κ2) is 10.2. The van der Waals surface area contributed by atoms with Crippen LogP contribution in [0.1, 0.15) is 25.0 Å². The van der Waals surface area contributed by atoms with Crippen molar-refractivity contribution in [2.75, 3.05) is 10.6 Å². The van der Waals surface area contributed by atoms with Gasteiger partial charge in [-0.3, -0.25) is 0 Å². The van der Waals surface area contributed by atoms with Crippen molar-refractivity contribution < 1.29 is 4.79 Å². The van der Waals surface area contributed by atoms with E-state index in [0.717, 1.165) is 11.1 Å². The molecule has 2 aromatic rings. The van der Waals surface area contributed by atoms with Gasteiger partial charge in [-0.1, -0.05) is 24.3 Å². The molecule has 0 aliphatic rings. The zero-order valence-electron chi connectivity index (χ0n) is 16.6. The highest BCUT2D eigenvalue weighted by atomic mass is 16.2. The van der Waals surface area contributed by atoms with E-state index in [1.54, 1.807) is 50.2 Å². The van der Waals surface area contributed by atoms with Gasteiger partial charge in [0, 0.05) is 11.4 Å². The molecule has 0 heterocycles. The maximum Gasteiger partial charge on any atom is 0.323 e. The van der Waals surface area contributed by atoms with Gasteiger partial charge in [0.2, 0.25) is 11.9 Å². The molecule has 30 heavy (non-hydrogen) atoms. The van der Waals surface area contributed by atoms with E-state index in [2.05, 4.69) is 31.0 Å². The standard InChI is InChI=1S/C19H24N10O/c1-11(26-28-17(20)21)13-5-3-7-15(9-13)24-19(30)25-16-8-4-6-14(10-16)12(2)27-29-18(22)23/h3-10H,1-2H3,(H4,20,21,28)(H4,22,23,29)(H2,24,25,30)/b26-11+,27-12+. The molecule has 2 aromatic carbocycles. The molecule has 0 spiro atoms. The number of urea groups is 1. The number of hydrogen-bond acceptors (Lipinski definition) is 5. The van der Waals surface area contributed by atoms with Gasteiger partial charge in [-0.25, -0.2) is 4.79 Å². The number of anilines is 2. The van der Waals surface area contributed by atoms with Gasteiger partial charge in [0.1, 0.15) is 0 Å². The highest BCUT2D eigenvalue weighted by Gasteiger charge is 2.06. The largest absolute Gasteiger partial charge is 0.369 e. The van der Waals surface area contributed by atoms with Crippen molar-refractivity contribution in [3.63, 3.8) is 0 Å². The zero-order valence-corrected chi connectivity index (χ0v) is 16.6. The van der Waals surface area contributed by atoms with E-state index < -0.39 is 6.03 Å². The van der Waals surface area contributed by atoms with Gasteiger partial charge in [0.05, 0.1) is 11.4 Å². The number of nitrogens with zero attached hydrogens (tertiary/aromatic N) is 4. The molecule has 0 aromatic heterocycles. The molecule has 0 unspecified atom stereocenters. The number of nitrogens with two attached hydrogens (primary N) is 4. The first-order valence-corrected chi connectivity index (χ1v) is 8.80. The maximum atomic E-state index is 12.4. The van der Waals surface area contributed by atoms with Crippen molar-refractivity contribution in [3.8, 4) is 0 Å². The molecule has 2 rings (SSSR count). The second-order valence-corrected chi connectivity index (χ2v) is 6.16. The Morgan fingerprint density at radius 2 is 1.10 bits per heavy atom. The normalized spacial score (nSPS) is 11.4. The summed E-state index contributed by atoms with van der Waals surface area (Å²) in [5.74, 6) is -0.271. The summed E-state index contributed by atoms with van der Waals surface area (Å²) in [4.78, 5) is 12.4. The smallest absolute Gasteiger partial charge is 0.323 e. The van der Waals surface area contributed by atoms with Gasteiger partial charge in [-0.05, 0) is 49.2 Å². The molecular weight excluding hydrogens is 384 g/mol. The SMILES string of the molecule is C/C(=N\N=C(N)N)c1cccc(NC(=O)Nc2cccc(/C(C)=N/N=C(N)N)c2)c1. The number of amides is 2. The van der Waals surface area contributed by atoms with Crippen LogP contribution in [0.25, 0.3) is 0 Å². The van der Waals surface area contributed by atoms with E-state index in [1.807, 2.05) is 12.1 Å². The third kappa shape index (κ3) is 6.96. The summed E-state index contributed by atoms with van der Waals surface area (Å²) in [7, 11) is 0. The van der Waals surface area contributed by atoms with Gasteiger partial charge in [-0.15, -0.1) is 10.2 Å². The lowest BCUT2D eigenvalue weighted by Crippen LogP contribution is -2.22. The third-order valence-electron chi connectivity index (χ3n) is 3.71. The second-order valence-electron chi connectivity index (χ2n) is 6.16. The summed E-state index contributed by atoms with van der Waals surface area (Å²) in [6.45, 7) is 3.51. The van der Waals surface area contributed by atoms with Crippen molar-refractivity contribution in [3.05, 3.63) is 59.7 Å². The van der Waals surface area contributed by atoms with Crippen molar-refractivity contribution in [1.29, 1.82) is 0 Å². The van der Waals surface area contributed by atoms with E-state index in [0.29, 0.717) is 22.8 Å². The number of benzene rings is 2. The number of carbonyl (C=O) groups is 1. The van der Waals surface area contributed by atoms with Gasteiger partial charge >= 0.3 is 6.03 Å². The topological polar surface area (TPSA) is 195 Å². The predicted octanol–water partition coefficient (Wildman–Crippen LogP) is 1.33. The minimum Gasteiger partial charge on any atom is -0.369 e. The van der Waals surface area contributed by atoms with Crippen LogP contribution in [0.5, 0.6) is 0 Å². The Kier molecular flexibility index (Phi) is 7.46. The first-order valence-electron chi connectivity index (χ1n) is 8.80. The average molecular weight is 408 g/mol. The van der Waals surface area contributed by atoms with E-state index in [1.165, 1.54) is 0 Å². The highest BCUT2D eigenvalue weighted by Crippen LogP contribution is 2.15. The Morgan fingerprint density at radius 1 is 0.700 bits per heavy atom. The predicted molar refractivity (Wildman–Crippen MR) is 122 cm³/mol. The summed E-state index contributed by atoms with van der Waals surface area (Å²) in [6, 6.07) is 13.8. The molecule has 0 fully saturated rings. The Bertz CT molecular complexity index is 950. The monoisotopic (exact) mass is 408 g/mol. The lowest BCUT2D eigenvalue weighted by molar-refractivity contribution is 0.262. The van der Waals surface area contributed by atoms with Crippen LogP contribution < -0.4 is 33.6 Å². The molecule has 10 N–H and O–H groups in total. The summed E-state index contributed by atoms with van der Waals surface area (Å²) >= 11 is 0. The average Bonchev–Trinajstić information content (AvgIpc) is 2.70. The van der Waals surface area contributed by atoms with Crippen molar-refractivity contribution in [2.45, 2.75) is 13.8 Å². The number of nitrogens with one attached hydrogen (secondary N) is 2. The molecule has 11 heteroatoms. The van der Waals surface area contributed by atoms with Crippen LogP contribution in [0, 0.1) is 0 Å². The molecule has 2 amide bonds. The van der Waals surface area contributed by atoms with Gasteiger partial charge in [0.25, 0.3) is 0 Å². The van der Waals surface area contributed by atoms with Crippen molar-refractivity contribution in [1.82, 2.24) is 0 Å². The summed E-state index contributed by atoms with van der Waals surface area (Å²) < 4.78 is 0. The van der Waals surface area contributed by atoms with Gasteiger partial charge < -0.3 is 33.6 Å². The van der Waals surface area contributed by atoms with Crippen LogP contribution in [-0.4, -0.2) is 29.4 Å². The summed E-state index contributed by atoms with van der Waals surface area (Å²) in [6.07, 6.45) is 0. The van der Waals surface area contributed by atoms with Crippen molar-refractivity contribution in [2.24, 2.45) is 43.3 Å². The number of hydrogen-bond donors (Lipinski definition) is 6. The zero-order chi connectivity index (χ0) is 22.1. The molecule has 0 aliphatic carbocycles. The van der Waals surface area contributed by atoms with Crippen LogP contribution in [0.4, 0.5) is 16.2 Å². The van der Waals surface area contributed by atoms with Crippen molar-refractivity contribution >= 4 is 40.7 Å². The van der Waals surface area contributed by atoms with Crippen LogP contribution >= 0.6 is 0 Å². The Hall–Kier alpha value is -4.41. The molecular formula is C19H24N10O. The molecule has 0 saturated carbocycles. The van der Waals surface area contributed by atoms with E-state index in [4.69, 9.17) is 22.9 Å². The minimum absolute atomic E-state index is 0.135. The molecule has 0 atom stereocenters. The van der Waals surface area contributed by atoms with E-state index in [-0.39, 0.29) is 11.9 Å². The molecule has 11 nitrogen and oxygen atoms in total. The van der Waals surface area contributed by atoms with Gasteiger partial charge in [0.15, 0.2) is 0 Å². The lowest BCUT2D eigenvalue weighted by Gasteiger charge is -2.10. The summed E-state index contributed by atoms with van der Waals surface area (Å²) in [5.41, 5.74) is 25.0. The van der Waals surface area contributed by atoms with Crippen LogP contribution in [0.2, 0.25) is 0 Å².